The summed E-state index contributed by atoms with van der Waals surface area (Å²) in [6.45, 7) is 5.70. The average Bonchev–Trinajstić information content (AvgIpc) is 3.28. The number of hydrogen-bond donors (Lipinski definition) is 5. The number of benzene rings is 2. The molecule has 1 atom stereocenters. The van der Waals surface area contributed by atoms with Gasteiger partial charge < -0.3 is 30.9 Å². The molecule has 10 nitrogen and oxygen atoms in total. The number of ether oxygens (including phenoxy) is 1. The van der Waals surface area contributed by atoms with Gasteiger partial charge in [-0.1, -0.05) is 41.7 Å². The Kier molecular flexibility index (Phi) is 10.2. The number of rotatable bonds is 12. The van der Waals surface area contributed by atoms with Crippen LogP contribution < -0.4 is 20.7 Å². The van der Waals surface area contributed by atoms with Crippen molar-refractivity contribution in [1.82, 2.24) is 9.62 Å². The summed E-state index contributed by atoms with van der Waals surface area (Å²) >= 11 is 9.10. The summed E-state index contributed by atoms with van der Waals surface area (Å²) in [6.07, 6.45) is 1.72. The van der Waals surface area contributed by atoms with Crippen molar-refractivity contribution in [3.8, 4) is 16.2 Å². The number of nitrogens with zero attached hydrogens (tertiary/aromatic N) is 1. The minimum absolute atomic E-state index is 0.0635. The van der Waals surface area contributed by atoms with Crippen molar-refractivity contribution in [2.45, 2.75) is 44.0 Å². The first kappa shape index (κ1) is 33.0. The quantitative estimate of drug-likeness (QED) is 0.145. The van der Waals surface area contributed by atoms with Gasteiger partial charge in [0, 0.05) is 42.7 Å². The second-order valence-corrected chi connectivity index (χ2v) is 14.0. The molecule has 2 aliphatic rings. The van der Waals surface area contributed by atoms with E-state index in [2.05, 4.69) is 34.1 Å². The number of aromatic carboxylic acids is 1. The molecule has 5 N–H and O–H groups in total. The highest BCUT2D eigenvalue weighted by Gasteiger charge is 2.35. The minimum Gasteiger partial charge on any atom is -0.479 e. The van der Waals surface area contributed by atoms with Gasteiger partial charge in [0.1, 0.15) is 10.8 Å². The predicted molar refractivity (Wildman–Crippen MR) is 175 cm³/mol. The number of nitrogens with one attached hydrogen (secondary N) is 3. The maximum absolute atomic E-state index is 14.4. The molecule has 0 aliphatic carbocycles. The van der Waals surface area contributed by atoms with Crippen LogP contribution in [0, 0.1) is 11.7 Å². The zero-order valence-corrected chi connectivity index (χ0v) is 27.1. The Morgan fingerprint density at radius 2 is 1.98 bits per heavy atom. The lowest BCUT2D eigenvalue weighted by Gasteiger charge is -2.45. The number of carboxylic acids is 2. The van der Waals surface area contributed by atoms with E-state index in [1.54, 1.807) is 24.1 Å². The number of carbonyl (C=O) groups is 3. The molecule has 3 aromatic rings. The van der Waals surface area contributed by atoms with Gasteiger partial charge in [-0.05, 0) is 62.1 Å². The van der Waals surface area contributed by atoms with Crippen LogP contribution in [-0.2, 0) is 15.3 Å². The molecule has 3 heterocycles. The van der Waals surface area contributed by atoms with E-state index in [1.165, 1.54) is 6.07 Å². The second kappa shape index (κ2) is 14.0. The molecule has 2 aliphatic heterocycles. The number of carbonyl (C=O) groups excluding carboxylic acids is 1. The second-order valence-electron chi connectivity index (χ2n) is 11.7. The lowest BCUT2D eigenvalue weighted by Crippen LogP contribution is -2.49. The summed E-state index contributed by atoms with van der Waals surface area (Å²) < 4.78 is 22.0. The maximum atomic E-state index is 14.4. The number of anilines is 2. The molecule has 0 saturated carbocycles. The van der Waals surface area contributed by atoms with E-state index < -0.39 is 24.4 Å². The third-order valence-electron chi connectivity index (χ3n) is 7.77. The van der Waals surface area contributed by atoms with Gasteiger partial charge in [0.25, 0.3) is 0 Å². The smallest absolute Gasteiger partial charge is 0.349 e. The third-order valence-corrected chi connectivity index (χ3v) is 10.9. The monoisotopic (exact) mass is 676 g/mol. The zero-order valence-electron chi connectivity index (χ0n) is 24.7. The molecule has 14 heteroatoms. The van der Waals surface area contributed by atoms with Gasteiger partial charge >= 0.3 is 11.9 Å². The van der Waals surface area contributed by atoms with Crippen molar-refractivity contribution in [3.05, 3.63) is 63.7 Å². The molecule has 0 bridgehead atoms. The summed E-state index contributed by atoms with van der Waals surface area (Å²) in [7, 11) is 0. The van der Waals surface area contributed by atoms with E-state index in [-0.39, 0.29) is 44.7 Å². The van der Waals surface area contributed by atoms with Crippen LogP contribution in [0.1, 0.15) is 41.9 Å². The van der Waals surface area contributed by atoms with E-state index in [0.717, 1.165) is 42.0 Å². The van der Waals surface area contributed by atoms with E-state index in [0.29, 0.717) is 29.3 Å². The average molecular weight is 677 g/mol. The molecule has 0 spiro atoms. The van der Waals surface area contributed by atoms with Crippen molar-refractivity contribution < 1.29 is 33.7 Å². The number of halogens is 2. The van der Waals surface area contributed by atoms with Crippen LogP contribution in [0.5, 0.6) is 5.75 Å². The Bertz CT molecular complexity index is 1600. The summed E-state index contributed by atoms with van der Waals surface area (Å²) in [6, 6.07) is 12.5. The van der Waals surface area contributed by atoms with E-state index in [9.17, 15) is 23.9 Å². The fraction of sp³-hybridized carbons (Fsp3) is 0.387. The van der Waals surface area contributed by atoms with Crippen LogP contribution >= 0.6 is 34.9 Å². The molecule has 45 heavy (non-hydrogen) atoms. The number of piperidine rings is 1. The molecule has 1 amide bonds. The summed E-state index contributed by atoms with van der Waals surface area (Å²) in [5.74, 6) is -2.74. The largest absolute Gasteiger partial charge is 0.479 e. The van der Waals surface area contributed by atoms with Crippen molar-refractivity contribution in [2.75, 3.05) is 36.9 Å². The predicted octanol–water partition coefficient (Wildman–Crippen LogP) is 6.03. The van der Waals surface area contributed by atoms with Gasteiger partial charge in [-0.3, -0.25) is 4.79 Å². The third kappa shape index (κ3) is 7.90. The molecule has 0 radical (unpaired) electrons. The van der Waals surface area contributed by atoms with Crippen LogP contribution in [-0.4, -0.2) is 70.2 Å². The lowest BCUT2D eigenvalue weighted by molar-refractivity contribution is -0.139. The minimum atomic E-state index is -1.25. The Hall–Kier alpha value is -3.36. The number of hydrogen-bond acceptors (Lipinski definition) is 9. The molecular weight excluding hydrogens is 643 g/mol. The Morgan fingerprint density at radius 1 is 1.20 bits per heavy atom. The van der Waals surface area contributed by atoms with Crippen LogP contribution in [0.25, 0.3) is 10.4 Å². The Morgan fingerprint density at radius 3 is 2.64 bits per heavy atom. The van der Waals surface area contributed by atoms with E-state index >= 15 is 0 Å². The summed E-state index contributed by atoms with van der Waals surface area (Å²) in [4.78, 5) is 35.4. The van der Waals surface area contributed by atoms with Crippen molar-refractivity contribution in [1.29, 1.82) is 0 Å². The summed E-state index contributed by atoms with van der Waals surface area (Å²) in [5.41, 5.74) is 2.51. The first-order chi connectivity index (χ1) is 21.4. The van der Waals surface area contributed by atoms with Gasteiger partial charge in [-0.25, -0.2) is 18.3 Å². The Labute approximate surface area is 273 Å². The van der Waals surface area contributed by atoms with Gasteiger partial charge in [-0.2, -0.15) is 0 Å². The molecule has 2 aromatic carbocycles. The van der Waals surface area contributed by atoms with Crippen LogP contribution in [0.2, 0.25) is 5.02 Å². The fourth-order valence-corrected chi connectivity index (χ4v) is 7.88. The van der Waals surface area contributed by atoms with Crippen molar-refractivity contribution in [3.63, 3.8) is 0 Å². The number of carboxylic acid groups (broad SMARTS) is 2. The normalized spacial score (nSPS) is 18.2. The number of thiophene rings is 1. The van der Waals surface area contributed by atoms with Crippen LogP contribution in [0.3, 0.4) is 0 Å². The zero-order chi connectivity index (χ0) is 32.3. The standard InChI is InChI=1S/C31H34ClFN4O6S2/c1-31(2)12-21(8-9-37(31)44-16-17-6-7-22(33)23(10-17)36-29(40)19-13-34-14-19)35-20-5-3-4-18(11-20)27-25(32)26(43-15-24(38)39)28(45-27)30(41)42/h3-7,10-11,19,21,34-35H,8-9,12-16H2,1-2H3,(H,36,40)(H,38,39)(H,41,42). The molecule has 1 aromatic heterocycles. The highest BCUT2D eigenvalue weighted by molar-refractivity contribution is 7.96. The van der Waals surface area contributed by atoms with Crippen molar-refractivity contribution in [2.24, 2.45) is 5.92 Å². The Balaban J connectivity index is 1.21. The topological polar surface area (TPSA) is 140 Å². The fourth-order valence-electron chi connectivity index (χ4n) is 5.34. The van der Waals surface area contributed by atoms with E-state index in [4.69, 9.17) is 21.4 Å². The molecular formula is C31H34ClFN4O6S2. The highest BCUT2D eigenvalue weighted by Crippen LogP contribution is 2.46. The first-order valence-corrected chi connectivity index (χ1v) is 16.5. The highest BCUT2D eigenvalue weighted by atomic mass is 35.5. The molecule has 1 unspecified atom stereocenters. The van der Waals surface area contributed by atoms with Crippen LogP contribution in [0.15, 0.2) is 42.5 Å². The van der Waals surface area contributed by atoms with E-state index in [1.807, 2.05) is 24.3 Å². The van der Waals surface area contributed by atoms with Gasteiger partial charge in [0.05, 0.1) is 16.5 Å². The summed E-state index contributed by atoms with van der Waals surface area (Å²) in [5, 5.41) is 28.0. The van der Waals surface area contributed by atoms with Crippen LogP contribution in [0.4, 0.5) is 15.8 Å². The molecule has 2 saturated heterocycles. The van der Waals surface area contributed by atoms with Gasteiger partial charge in [-0.15, -0.1) is 11.3 Å². The maximum Gasteiger partial charge on any atom is 0.349 e. The SMILES string of the molecule is CC1(C)CC(Nc2cccc(-c3sc(C(=O)O)c(OCC(=O)O)c3Cl)c2)CCN1SCc1ccc(F)c(NC(=O)C2CNC2)c1. The first-order valence-electron chi connectivity index (χ1n) is 14.4. The van der Waals surface area contributed by atoms with Gasteiger partial charge in [0.15, 0.2) is 17.2 Å². The lowest BCUT2D eigenvalue weighted by atomic mass is 9.89. The molecule has 2 fully saturated rings. The molecule has 240 valence electrons. The number of amides is 1. The van der Waals surface area contributed by atoms with Gasteiger partial charge in [0.2, 0.25) is 5.91 Å². The molecule has 5 rings (SSSR count). The van der Waals surface area contributed by atoms with Crippen molar-refractivity contribution >= 4 is 64.1 Å². The number of aliphatic carboxylic acids is 1.